The number of aromatic nitrogens is 2. The van der Waals surface area contributed by atoms with Gasteiger partial charge in [-0.05, 0) is 60.3 Å². The summed E-state index contributed by atoms with van der Waals surface area (Å²) < 4.78 is 17.5. The van der Waals surface area contributed by atoms with Crippen molar-refractivity contribution in [2.45, 2.75) is 18.4 Å². The monoisotopic (exact) mass is 488 g/mol. The van der Waals surface area contributed by atoms with E-state index in [9.17, 15) is 9.50 Å². The van der Waals surface area contributed by atoms with Gasteiger partial charge in [-0.3, -0.25) is 4.98 Å². The third kappa shape index (κ3) is 4.61. The summed E-state index contributed by atoms with van der Waals surface area (Å²) in [5.41, 5.74) is 4.14. The fourth-order valence-electron chi connectivity index (χ4n) is 3.28. The topological polar surface area (TPSA) is 70.1 Å². The molecule has 4 aromatic rings. The Morgan fingerprint density at radius 3 is 2.69 bits per heavy atom. The summed E-state index contributed by atoms with van der Waals surface area (Å²) in [4.78, 5) is 9.62. The first-order valence-corrected chi connectivity index (χ1v) is 11.2. The lowest BCUT2D eigenvalue weighted by Crippen LogP contribution is -1.96. The molecule has 0 aliphatic rings. The maximum atomic E-state index is 14.5. The average molecular weight is 489 g/mol. The van der Waals surface area contributed by atoms with Gasteiger partial charge in [0.2, 0.25) is 0 Å². The Labute approximate surface area is 199 Å². The van der Waals surface area contributed by atoms with E-state index < -0.39 is 5.82 Å². The molecule has 32 heavy (non-hydrogen) atoms. The number of nitrogens with one attached hydrogen (secondary N) is 2. The number of fused-ring (bicyclic) bond motifs is 1. The van der Waals surface area contributed by atoms with Crippen molar-refractivity contribution in [1.29, 1.82) is 0 Å². The largest absolute Gasteiger partial charge is 0.392 e. The number of hydrogen-bond donors (Lipinski definition) is 3. The van der Waals surface area contributed by atoms with Crippen molar-refractivity contribution in [3.63, 3.8) is 0 Å². The maximum absolute atomic E-state index is 14.5. The molecule has 0 aliphatic heterocycles. The molecule has 0 aliphatic carbocycles. The zero-order valence-corrected chi connectivity index (χ0v) is 19.5. The summed E-state index contributed by atoms with van der Waals surface area (Å²) in [6.45, 7) is 1.68. The number of nitrogens with zero attached hydrogens (tertiary/aromatic N) is 2. The average Bonchev–Trinajstić information content (AvgIpc) is 2.79. The third-order valence-corrected chi connectivity index (χ3v) is 6.58. The molecule has 2 aromatic heterocycles. The summed E-state index contributed by atoms with van der Waals surface area (Å²) in [5.74, 6) is 0.333. The second-order valence-electron chi connectivity index (χ2n) is 7.07. The summed E-state index contributed by atoms with van der Waals surface area (Å²) in [6, 6.07) is 12.0. The van der Waals surface area contributed by atoms with Gasteiger partial charge in [-0.1, -0.05) is 29.3 Å². The summed E-state index contributed by atoms with van der Waals surface area (Å²) in [6.07, 6.45) is 1.76. The molecular formula is C23H19Cl2FN4OS. The lowest BCUT2D eigenvalue weighted by atomic mass is 10.0. The van der Waals surface area contributed by atoms with Crippen LogP contribution >= 0.6 is 35.1 Å². The predicted molar refractivity (Wildman–Crippen MR) is 131 cm³/mol. The number of anilines is 2. The van der Waals surface area contributed by atoms with Gasteiger partial charge < -0.3 is 15.1 Å². The van der Waals surface area contributed by atoms with Crippen molar-refractivity contribution >= 4 is 57.6 Å². The van der Waals surface area contributed by atoms with Crippen LogP contribution in [0.25, 0.3) is 22.0 Å². The van der Waals surface area contributed by atoms with Crippen LogP contribution in [0, 0.1) is 12.7 Å². The Balaban J connectivity index is 1.66. The SMILES string of the molecule is CNc1cc2nc(C)c(-c3ccc(F)c(NSc4cc(Cl)cc(CO)c4Cl)c3)cc2cn1. The van der Waals surface area contributed by atoms with E-state index in [0.717, 1.165) is 45.5 Å². The number of aliphatic hydroxyl groups is 1. The van der Waals surface area contributed by atoms with Crippen molar-refractivity contribution in [2.24, 2.45) is 0 Å². The van der Waals surface area contributed by atoms with Gasteiger partial charge in [-0.2, -0.15) is 0 Å². The molecule has 2 heterocycles. The van der Waals surface area contributed by atoms with Gasteiger partial charge in [-0.15, -0.1) is 0 Å². The van der Waals surface area contributed by atoms with Gasteiger partial charge in [0.1, 0.15) is 11.6 Å². The first-order valence-electron chi connectivity index (χ1n) is 9.66. The predicted octanol–water partition coefficient (Wildman–Crippen LogP) is 6.70. The second kappa shape index (κ2) is 9.50. The van der Waals surface area contributed by atoms with Gasteiger partial charge in [0.05, 0.1) is 22.8 Å². The van der Waals surface area contributed by atoms with Crippen LogP contribution in [0.15, 0.2) is 53.6 Å². The van der Waals surface area contributed by atoms with Crippen LogP contribution in [0.4, 0.5) is 15.9 Å². The number of aliphatic hydroxyl groups excluding tert-OH is 1. The number of rotatable bonds is 6. The first kappa shape index (κ1) is 22.6. The molecular weight excluding hydrogens is 470 g/mol. The number of pyridine rings is 2. The molecule has 2 aromatic carbocycles. The van der Waals surface area contributed by atoms with Crippen LogP contribution in [0.5, 0.6) is 0 Å². The van der Waals surface area contributed by atoms with Gasteiger partial charge >= 0.3 is 0 Å². The van der Waals surface area contributed by atoms with Crippen LogP contribution in [-0.4, -0.2) is 22.1 Å². The highest BCUT2D eigenvalue weighted by atomic mass is 35.5. The summed E-state index contributed by atoms with van der Waals surface area (Å²) in [5, 5.41) is 14.1. The van der Waals surface area contributed by atoms with E-state index in [4.69, 9.17) is 28.2 Å². The Hall–Kier alpha value is -2.58. The molecule has 0 spiro atoms. The molecule has 0 atom stereocenters. The van der Waals surface area contributed by atoms with Crippen molar-refractivity contribution in [3.8, 4) is 11.1 Å². The van der Waals surface area contributed by atoms with E-state index in [1.807, 2.05) is 26.1 Å². The van der Waals surface area contributed by atoms with Crippen molar-refractivity contribution in [1.82, 2.24) is 9.97 Å². The Bertz CT molecular complexity index is 1320. The van der Waals surface area contributed by atoms with Crippen molar-refractivity contribution < 1.29 is 9.50 Å². The molecule has 0 unspecified atom stereocenters. The lowest BCUT2D eigenvalue weighted by molar-refractivity contribution is 0.281. The number of aryl methyl sites for hydroxylation is 1. The molecule has 164 valence electrons. The van der Waals surface area contributed by atoms with Crippen LogP contribution in [0.1, 0.15) is 11.3 Å². The normalized spacial score (nSPS) is 11.1. The van der Waals surface area contributed by atoms with E-state index in [2.05, 4.69) is 15.0 Å². The molecule has 0 amide bonds. The molecule has 0 radical (unpaired) electrons. The number of benzene rings is 2. The molecule has 0 saturated heterocycles. The Morgan fingerprint density at radius 1 is 1.12 bits per heavy atom. The number of halogens is 3. The van der Waals surface area contributed by atoms with E-state index in [0.29, 0.717) is 20.5 Å². The van der Waals surface area contributed by atoms with E-state index in [-0.39, 0.29) is 12.3 Å². The minimum atomic E-state index is -0.409. The van der Waals surface area contributed by atoms with E-state index in [1.165, 1.54) is 6.07 Å². The van der Waals surface area contributed by atoms with Crippen molar-refractivity contribution in [2.75, 3.05) is 17.1 Å². The molecule has 5 nitrogen and oxygen atoms in total. The smallest absolute Gasteiger partial charge is 0.147 e. The third-order valence-electron chi connectivity index (χ3n) is 4.94. The number of hydrogen-bond acceptors (Lipinski definition) is 6. The highest BCUT2D eigenvalue weighted by Gasteiger charge is 2.13. The quantitative estimate of drug-likeness (QED) is 0.262. The van der Waals surface area contributed by atoms with Gasteiger partial charge in [-0.25, -0.2) is 9.37 Å². The van der Waals surface area contributed by atoms with Gasteiger partial charge in [0, 0.05) is 45.9 Å². The van der Waals surface area contributed by atoms with E-state index >= 15 is 0 Å². The fourth-order valence-corrected chi connectivity index (χ4v) is 4.65. The molecule has 4 rings (SSSR count). The molecule has 9 heteroatoms. The van der Waals surface area contributed by atoms with Crippen LogP contribution in [-0.2, 0) is 6.61 Å². The second-order valence-corrected chi connectivity index (χ2v) is 8.73. The fraction of sp³-hybridized carbons (Fsp3) is 0.130. The highest BCUT2D eigenvalue weighted by Crippen LogP contribution is 2.36. The minimum absolute atomic E-state index is 0.240. The first-order chi connectivity index (χ1) is 15.4. The zero-order chi connectivity index (χ0) is 22.8. The zero-order valence-electron chi connectivity index (χ0n) is 17.2. The summed E-state index contributed by atoms with van der Waals surface area (Å²) >= 11 is 13.5. The minimum Gasteiger partial charge on any atom is -0.392 e. The Kier molecular flexibility index (Phi) is 6.71. The Morgan fingerprint density at radius 2 is 1.94 bits per heavy atom. The van der Waals surface area contributed by atoms with Gasteiger partial charge in [0.15, 0.2) is 0 Å². The van der Waals surface area contributed by atoms with Crippen molar-refractivity contribution in [3.05, 3.63) is 75.8 Å². The standard InChI is InChI=1S/C23H19Cl2FN4OS/c1-12-17(6-14-10-28-22(27-2)9-19(14)29-12)13-3-4-18(26)20(7-13)30-32-21-8-16(24)5-15(11-31)23(21)25/h3-10,30-31H,11H2,1-2H3,(H,27,28). The van der Waals surface area contributed by atoms with Crippen LogP contribution in [0.2, 0.25) is 10.0 Å². The molecule has 0 bridgehead atoms. The molecule has 0 fully saturated rings. The van der Waals surface area contributed by atoms with Gasteiger partial charge in [0.25, 0.3) is 0 Å². The summed E-state index contributed by atoms with van der Waals surface area (Å²) in [7, 11) is 1.81. The van der Waals surface area contributed by atoms with Crippen LogP contribution in [0.3, 0.4) is 0 Å². The molecule has 3 N–H and O–H groups in total. The van der Waals surface area contributed by atoms with E-state index in [1.54, 1.807) is 30.5 Å². The lowest BCUT2D eigenvalue weighted by Gasteiger charge is -2.13. The maximum Gasteiger partial charge on any atom is 0.147 e. The van der Waals surface area contributed by atoms with Crippen LogP contribution < -0.4 is 10.0 Å². The molecule has 0 saturated carbocycles. The highest BCUT2D eigenvalue weighted by molar-refractivity contribution is 8.00.